The number of carbonyl (C=O) groups is 1. The molecule has 1 rings (SSSR count). The molecule has 1 aromatic heterocycles. The lowest BCUT2D eigenvalue weighted by Crippen LogP contribution is -2.27. The van der Waals surface area contributed by atoms with Crippen LogP contribution in [0.25, 0.3) is 0 Å². The summed E-state index contributed by atoms with van der Waals surface area (Å²) in [5.74, 6) is 0.822. The van der Waals surface area contributed by atoms with E-state index >= 15 is 0 Å². The third-order valence-corrected chi connectivity index (χ3v) is 3.54. The Labute approximate surface area is 124 Å². The van der Waals surface area contributed by atoms with Gasteiger partial charge in [-0.25, -0.2) is 4.98 Å². The molecule has 1 heterocycles. The van der Waals surface area contributed by atoms with Crippen LogP contribution in [0.1, 0.15) is 39.3 Å². The third kappa shape index (κ3) is 6.75. The largest absolute Gasteiger partial charge is 0.355 e. The second-order valence-corrected chi connectivity index (χ2v) is 6.08. The van der Waals surface area contributed by atoms with E-state index in [1.807, 2.05) is 6.92 Å². The number of carbonyl (C=O) groups excluding carboxylic acids is 1. The van der Waals surface area contributed by atoms with Crippen LogP contribution in [0.3, 0.4) is 0 Å². The number of hydrogen-bond donors (Lipinski definition) is 2. The predicted molar refractivity (Wildman–Crippen MR) is 82.0 cm³/mol. The summed E-state index contributed by atoms with van der Waals surface area (Å²) < 4.78 is 0. The van der Waals surface area contributed by atoms with Crippen LogP contribution >= 0.6 is 11.8 Å². The summed E-state index contributed by atoms with van der Waals surface area (Å²) >= 11 is 1.26. The minimum absolute atomic E-state index is 0.0285. The van der Waals surface area contributed by atoms with Crippen LogP contribution in [-0.4, -0.2) is 28.2 Å². The van der Waals surface area contributed by atoms with Gasteiger partial charge in [-0.2, -0.15) is 0 Å². The molecule has 0 fully saturated rings. The molecule has 1 aromatic rings. The SMILES string of the molecule is CCCc1cc(=O)[nH]c(SCC(=O)NCCC(C)C)n1. The average Bonchev–Trinajstić information content (AvgIpc) is 2.36. The standard InChI is InChI=1S/C14H23N3O2S/c1-4-5-11-8-12(18)17-14(16-11)20-9-13(19)15-7-6-10(2)3/h8,10H,4-7,9H2,1-3H3,(H,15,19)(H,16,17,18). The lowest BCUT2D eigenvalue weighted by Gasteiger charge is -2.07. The number of H-pyrrole nitrogens is 1. The molecule has 20 heavy (non-hydrogen) atoms. The highest BCUT2D eigenvalue weighted by Crippen LogP contribution is 2.11. The number of nitrogens with one attached hydrogen (secondary N) is 2. The monoisotopic (exact) mass is 297 g/mol. The molecule has 6 heteroatoms. The fourth-order valence-corrected chi connectivity index (χ4v) is 2.35. The smallest absolute Gasteiger partial charge is 0.251 e. The molecule has 0 bridgehead atoms. The van der Waals surface area contributed by atoms with Crippen molar-refractivity contribution in [2.45, 2.75) is 45.2 Å². The number of nitrogens with zero attached hydrogens (tertiary/aromatic N) is 1. The normalized spacial score (nSPS) is 10.8. The highest BCUT2D eigenvalue weighted by Gasteiger charge is 2.06. The zero-order valence-corrected chi connectivity index (χ0v) is 13.2. The fourth-order valence-electron chi connectivity index (χ4n) is 1.62. The van der Waals surface area contributed by atoms with E-state index in [-0.39, 0.29) is 17.2 Å². The van der Waals surface area contributed by atoms with Gasteiger partial charge in [0.15, 0.2) is 5.16 Å². The summed E-state index contributed by atoms with van der Waals surface area (Å²) in [5.41, 5.74) is 0.616. The zero-order valence-electron chi connectivity index (χ0n) is 12.4. The second-order valence-electron chi connectivity index (χ2n) is 5.11. The van der Waals surface area contributed by atoms with Crippen molar-refractivity contribution in [3.05, 3.63) is 22.1 Å². The van der Waals surface area contributed by atoms with E-state index in [1.165, 1.54) is 17.8 Å². The first kappa shape index (κ1) is 16.8. The van der Waals surface area contributed by atoms with Crippen molar-refractivity contribution in [1.82, 2.24) is 15.3 Å². The Bertz CT molecular complexity index is 486. The van der Waals surface area contributed by atoms with Crippen molar-refractivity contribution in [3.8, 4) is 0 Å². The summed E-state index contributed by atoms with van der Waals surface area (Å²) in [5, 5.41) is 3.37. The molecule has 0 aliphatic carbocycles. The molecular weight excluding hydrogens is 274 g/mol. The van der Waals surface area contributed by atoms with E-state index in [4.69, 9.17) is 0 Å². The van der Waals surface area contributed by atoms with Gasteiger partial charge in [-0.3, -0.25) is 9.59 Å². The Morgan fingerprint density at radius 3 is 2.90 bits per heavy atom. The van der Waals surface area contributed by atoms with Gasteiger partial charge in [0.25, 0.3) is 5.56 Å². The molecule has 0 aliphatic heterocycles. The molecule has 0 saturated carbocycles. The lowest BCUT2D eigenvalue weighted by molar-refractivity contribution is -0.118. The maximum Gasteiger partial charge on any atom is 0.251 e. The van der Waals surface area contributed by atoms with Crippen LogP contribution in [0.2, 0.25) is 0 Å². The van der Waals surface area contributed by atoms with Crippen LogP contribution in [0, 0.1) is 5.92 Å². The molecule has 0 atom stereocenters. The van der Waals surface area contributed by atoms with Gasteiger partial charge in [-0.15, -0.1) is 0 Å². The number of aromatic amines is 1. The van der Waals surface area contributed by atoms with Crippen molar-refractivity contribution >= 4 is 17.7 Å². The number of rotatable bonds is 8. The molecular formula is C14H23N3O2S. The van der Waals surface area contributed by atoms with Gasteiger partial charge in [0.05, 0.1) is 5.75 Å². The summed E-state index contributed by atoms with van der Waals surface area (Å²) in [4.78, 5) is 30.1. The predicted octanol–water partition coefficient (Wildman–Crippen LogP) is 1.98. The molecule has 112 valence electrons. The van der Waals surface area contributed by atoms with Crippen LogP contribution in [-0.2, 0) is 11.2 Å². The van der Waals surface area contributed by atoms with Crippen LogP contribution in [0.4, 0.5) is 0 Å². The maximum absolute atomic E-state index is 11.6. The van der Waals surface area contributed by atoms with Gasteiger partial charge in [0, 0.05) is 18.3 Å². The number of aromatic nitrogens is 2. The van der Waals surface area contributed by atoms with E-state index in [9.17, 15) is 9.59 Å². The van der Waals surface area contributed by atoms with Crippen molar-refractivity contribution in [2.75, 3.05) is 12.3 Å². The fraction of sp³-hybridized carbons (Fsp3) is 0.643. The summed E-state index contributed by atoms with van der Waals surface area (Å²) in [7, 11) is 0. The first-order valence-corrected chi connectivity index (χ1v) is 7.99. The highest BCUT2D eigenvalue weighted by molar-refractivity contribution is 7.99. The lowest BCUT2D eigenvalue weighted by atomic mass is 10.1. The summed E-state index contributed by atoms with van der Waals surface area (Å²) in [6.45, 7) is 6.97. The topological polar surface area (TPSA) is 74.8 Å². The Morgan fingerprint density at radius 1 is 1.50 bits per heavy atom. The molecule has 0 unspecified atom stereocenters. The van der Waals surface area contributed by atoms with Crippen molar-refractivity contribution in [1.29, 1.82) is 0 Å². The number of hydrogen-bond acceptors (Lipinski definition) is 4. The number of aryl methyl sites for hydroxylation is 1. The summed E-state index contributed by atoms with van der Waals surface area (Å²) in [6, 6.07) is 1.51. The molecule has 0 spiro atoms. The number of amides is 1. The minimum atomic E-state index is -0.161. The van der Waals surface area contributed by atoms with Gasteiger partial charge >= 0.3 is 0 Å². The van der Waals surface area contributed by atoms with Crippen LogP contribution in [0.15, 0.2) is 16.0 Å². The summed E-state index contributed by atoms with van der Waals surface area (Å²) in [6.07, 6.45) is 2.69. The Balaban J connectivity index is 2.44. The van der Waals surface area contributed by atoms with Gasteiger partial charge in [0.1, 0.15) is 0 Å². The van der Waals surface area contributed by atoms with E-state index in [2.05, 4.69) is 29.1 Å². The molecule has 5 nitrogen and oxygen atoms in total. The van der Waals surface area contributed by atoms with E-state index in [1.54, 1.807) is 0 Å². The van der Waals surface area contributed by atoms with Crippen molar-refractivity contribution in [2.24, 2.45) is 5.92 Å². The van der Waals surface area contributed by atoms with Gasteiger partial charge < -0.3 is 10.3 Å². The Kier molecular flexibility index (Phi) is 7.36. The van der Waals surface area contributed by atoms with Gasteiger partial charge in [-0.1, -0.05) is 39.0 Å². The minimum Gasteiger partial charge on any atom is -0.355 e. The molecule has 1 amide bonds. The van der Waals surface area contributed by atoms with E-state index in [0.29, 0.717) is 17.6 Å². The zero-order chi connectivity index (χ0) is 15.0. The maximum atomic E-state index is 11.6. The van der Waals surface area contributed by atoms with Crippen molar-refractivity contribution < 1.29 is 4.79 Å². The Hall–Kier alpha value is -1.30. The first-order valence-electron chi connectivity index (χ1n) is 7.01. The molecule has 0 saturated heterocycles. The van der Waals surface area contributed by atoms with Crippen molar-refractivity contribution in [3.63, 3.8) is 0 Å². The molecule has 0 radical (unpaired) electrons. The molecule has 2 N–H and O–H groups in total. The van der Waals surface area contributed by atoms with Crippen LogP contribution < -0.4 is 10.9 Å². The highest BCUT2D eigenvalue weighted by atomic mass is 32.2. The average molecular weight is 297 g/mol. The van der Waals surface area contributed by atoms with Gasteiger partial charge in [0.2, 0.25) is 5.91 Å². The molecule has 0 aliphatic rings. The van der Waals surface area contributed by atoms with E-state index < -0.39 is 0 Å². The first-order chi connectivity index (χ1) is 9.51. The van der Waals surface area contributed by atoms with Crippen LogP contribution in [0.5, 0.6) is 0 Å². The third-order valence-electron chi connectivity index (χ3n) is 2.66. The van der Waals surface area contributed by atoms with Gasteiger partial charge in [-0.05, 0) is 18.8 Å². The van der Waals surface area contributed by atoms with E-state index in [0.717, 1.165) is 25.0 Å². The second kappa shape index (κ2) is 8.79. The quantitative estimate of drug-likeness (QED) is 0.568. The number of thioether (sulfide) groups is 1. The Morgan fingerprint density at radius 2 is 2.25 bits per heavy atom. The molecule has 0 aromatic carbocycles.